The molecule has 4 rings (SSSR count). The first-order chi connectivity index (χ1) is 13.1. The molecular weight excluding hydrogens is 364 g/mol. The molecule has 1 saturated heterocycles. The fraction of sp³-hybridized carbons (Fsp3) is 0.300. The lowest BCUT2D eigenvalue weighted by atomic mass is 10.1. The molecule has 7 heteroatoms. The summed E-state index contributed by atoms with van der Waals surface area (Å²) in [7, 11) is 0. The van der Waals surface area contributed by atoms with Crippen molar-refractivity contribution in [1.82, 2.24) is 4.90 Å². The van der Waals surface area contributed by atoms with Crippen LogP contribution in [0.15, 0.2) is 47.4 Å². The molecule has 0 bridgehead atoms. The third kappa shape index (κ3) is 3.88. The van der Waals surface area contributed by atoms with Crippen LogP contribution in [0.1, 0.15) is 12.0 Å². The topological polar surface area (TPSA) is 67.9 Å². The van der Waals surface area contributed by atoms with E-state index in [0.717, 1.165) is 21.9 Å². The smallest absolute Gasteiger partial charge is 0.231 e. The number of ether oxygens (including phenoxy) is 2. The minimum Gasteiger partial charge on any atom is -0.454 e. The van der Waals surface area contributed by atoms with E-state index in [4.69, 9.17) is 9.47 Å². The molecule has 2 aromatic carbocycles. The van der Waals surface area contributed by atoms with Gasteiger partial charge in [0.2, 0.25) is 18.6 Å². The quantitative estimate of drug-likeness (QED) is 0.803. The number of carbonyl (C=O) groups excluding carboxylic acids is 2. The molecule has 2 heterocycles. The van der Waals surface area contributed by atoms with Gasteiger partial charge >= 0.3 is 0 Å². The summed E-state index contributed by atoms with van der Waals surface area (Å²) in [6, 6.07) is 13.3. The zero-order valence-electron chi connectivity index (χ0n) is 14.9. The van der Waals surface area contributed by atoms with E-state index < -0.39 is 0 Å². The number of likely N-dealkylation sites (tertiary alicyclic amines) is 1. The Hall–Kier alpha value is -2.67. The number of benzene rings is 2. The van der Waals surface area contributed by atoms with Gasteiger partial charge in [-0.25, -0.2) is 0 Å². The Labute approximate surface area is 161 Å². The largest absolute Gasteiger partial charge is 0.454 e. The van der Waals surface area contributed by atoms with Gasteiger partial charge in [0.25, 0.3) is 0 Å². The van der Waals surface area contributed by atoms with Crippen molar-refractivity contribution in [2.24, 2.45) is 5.92 Å². The van der Waals surface area contributed by atoms with Crippen LogP contribution in [-0.4, -0.2) is 36.3 Å². The summed E-state index contributed by atoms with van der Waals surface area (Å²) in [6.45, 7) is 1.10. The lowest BCUT2D eigenvalue weighted by Gasteiger charge is -2.17. The van der Waals surface area contributed by atoms with Crippen molar-refractivity contribution < 1.29 is 19.1 Å². The summed E-state index contributed by atoms with van der Waals surface area (Å²) in [5.41, 5.74) is 1.72. The molecule has 1 unspecified atom stereocenters. The number of thioether (sulfide) groups is 1. The predicted molar refractivity (Wildman–Crippen MR) is 103 cm³/mol. The lowest BCUT2D eigenvalue weighted by Crippen LogP contribution is -2.28. The molecular formula is C20H20N2O4S. The zero-order valence-corrected chi connectivity index (χ0v) is 15.8. The molecule has 0 saturated carbocycles. The van der Waals surface area contributed by atoms with Crippen LogP contribution < -0.4 is 14.8 Å². The summed E-state index contributed by atoms with van der Waals surface area (Å²) in [5, 5.41) is 2.93. The van der Waals surface area contributed by atoms with Gasteiger partial charge in [-0.3, -0.25) is 9.59 Å². The first-order valence-corrected chi connectivity index (χ1v) is 9.96. The zero-order chi connectivity index (χ0) is 18.8. The lowest BCUT2D eigenvalue weighted by molar-refractivity contribution is -0.128. The standard InChI is InChI=1S/C20H20N2O4S/c1-27-16-4-2-3-15(9-16)21-20(24)14-8-19(23)22(11-14)10-13-5-6-17-18(7-13)26-12-25-17/h2-7,9,14H,8,10-12H2,1H3,(H,21,24). The van der Waals surface area contributed by atoms with Crippen LogP contribution in [0.2, 0.25) is 0 Å². The Morgan fingerprint density at radius 2 is 2.07 bits per heavy atom. The Balaban J connectivity index is 1.38. The van der Waals surface area contributed by atoms with Crippen molar-refractivity contribution in [2.45, 2.75) is 17.9 Å². The fourth-order valence-corrected chi connectivity index (χ4v) is 3.76. The SMILES string of the molecule is CSc1cccc(NC(=O)C2CC(=O)N(Cc3ccc4c(c3)OCO4)C2)c1. The van der Waals surface area contributed by atoms with Gasteiger partial charge in [-0.15, -0.1) is 11.8 Å². The van der Waals surface area contributed by atoms with E-state index >= 15 is 0 Å². The molecule has 0 radical (unpaired) electrons. The second-order valence-corrected chi connectivity index (χ2v) is 7.46. The highest BCUT2D eigenvalue weighted by molar-refractivity contribution is 7.98. The van der Waals surface area contributed by atoms with Gasteiger partial charge in [0.15, 0.2) is 11.5 Å². The third-order valence-electron chi connectivity index (χ3n) is 4.73. The average Bonchev–Trinajstić information content (AvgIpc) is 3.28. The van der Waals surface area contributed by atoms with Crippen molar-refractivity contribution >= 4 is 29.3 Å². The minimum absolute atomic E-state index is 0.00863. The van der Waals surface area contributed by atoms with Gasteiger partial charge in [0.05, 0.1) is 5.92 Å². The highest BCUT2D eigenvalue weighted by Gasteiger charge is 2.34. The molecule has 2 aromatic rings. The van der Waals surface area contributed by atoms with Crippen LogP contribution in [0.5, 0.6) is 11.5 Å². The van der Waals surface area contributed by atoms with Crippen LogP contribution in [0.4, 0.5) is 5.69 Å². The number of nitrogens with zero attached hydrogens (tertiary/aromatic N) is 1. The predicted octanol–water partition coefficient (Wildman–Crippen LogP) is 3.12. The summed E-state index contributed by atoms with van der Waals surface area (Å²) in [4.78, 5) is 27.8. The monoisotopic (exact) mass is 384 g/mol. The molecule has 27 heavy (non-hydrogen) atoms. The number of amides is 2. The normalized spacial score (nSPS) is 18.0. The van der Waals surface area contributed by atoms with Crippen molar-refractivity contribution in [1.29, 1.82) is 0 Å². The Bertz CT molecular complexity index is 886. The molecule has 1 atom stereocenters. The number of nitrogens with one attached hydrogen (secondary N) is 1. The van der Waals surface area contributed by atoms with Crippen LogP contribution in [0, 0.1) is 5.92 Å². The maximum atomic E-state index is 12.6. The summed E-state index contributed by atoms with van der Waals surface area (Å²) < 4.78 is 10.7. The van der Waals surface area contributed by atoms with E-state index in [1.807, 2.05) is 48.7 Å². The van der Waals surface area contributed by atoms with Gasteiger partial charge in [-0.05, 0) is 42.2 Å². The van der Waals surface area contributed by atoms with Crippen LogP contribution in [-0.2, 0) is 16.1 Å². The molecule has 2 aliphatic heterocycles. The molecule has 0 aliphatic carbocycles. The number of fused-ring (bicyclic) bond motifs is 1. The van der Waals surface area contributed by atoms with E-state index in [2.05, 4.69) is 5.32 Å². The molecule has 2 amide bonds. The van der Waals surface area contributed by atoms with E-state index in [-0.39, 0.29) is 30.9 Å². The van der Waals surface area contributed by atoms with Crippen molar-refractivity contribution in [3.63, 3.8) is 0 Å². The average molecular weight is 384 g/mol. The minimum atomic E-state index is -0.343. The van der Waals surface area contributed by atoms with Crippen LogP contribution in [0.25, 0.3) is 0 Å². The highest BCUT2D eigenvalue weighted by atomic mass is 32.2. The molecule has 2 aliphatic rings. The van der Waals surface area contributed by atoms with Crippen molar-refractivity contribution in [2.75, 3.05) is 24.9 Å². The fourth-order valence-electron chi connectivity index (χ4n) is 3.31. The Kier molecular flexibility index (Phi) is 4.94. The third-order valence-corrected chi connectivity index (χ3v) is 5.46. The maximum Gasteiger partial charge on any atom is 0.231 e. The molecule has 1 fully saturated rings. The first kappa shape index (κ1) is 17.7. The van der Waals surface area contributed by atoms with E-state index in [9.17, 15) is 9.59 Å². The molecule has 0 spiro atoms. The van der Waals surface area contributed by atoms with Crippen LogP contribution >= 0.6 is 11.8 Å². The van der Waals surface area contributed by atoms with Gasteiger partial charge < -0.3 is 19.7 Å². The van der Waals surface area contributed by atoms with E-state index in [0.29, 0.717) is 18.8 Å². The second kappa shape index (κ2) is 7.52. The molecule has 0 aromatic heterocycles. The maximum absolute atomic E-state index is 12.6. The number of hydrogen-bond acceptors (Lipinski definition) is 5. The number of carbonyl (C=O) groups is 2. The molecule has 1 N–H and O–H groups in total. The number of hydrogen-bond donors (Lipinski definition) is 1. The summed E-state index contributed by atoms with van der Waals surface area (Å²) >= 11 is 1.62. The molecule has 6 nitrogen and oxygen atoms in total. The summed E-state index contributed by atoms with van der Waals surface area (Å²) in [5.74, 6) is 0.947. The summed E-state index contributed by atoms with van der Waals surface area (Å²) in [6.07, 6.45) is 2.23. The van der Waals surface area contributed by atoms with Gasteiger partial charge in [0, 0.05) is 30.1 Å². The van der Waals surface area contributed by atoms with E-state index in [1.165, 1.54) is 0 Å². The van der Waals surface area contributed by atoms with Crippen molar-refractivity contribution in [3.8, 4) is 11.5 Å². The Morgan fingerprint density at radius 1 is 1.22 bits per heavy atom. The van der Waals surface area contributed by atoms with Gasteiger partial charge in [0.1, 0.15) is 0 Å². The second-order valence-electron chi connectivity index (χ2n) is 6.58. The Morgan fingerprint density at radius 3 is 2.93 bits per heavy atom. The van der Waals surface area contributed by atoms with Gasteiger partial charge in [-0.2, -0.15) is 0 Å². The first-order valence-electron chi connectivity index (χ1n) is 8.73. The number of anilines is 1. The highest BCUT2D eigenvalue weighted by Crippen LogP contribution is 2.33. The van der Waals surface area contributed by atoms with Crippen LogP contribution in [0.3, 0.4) is 0 Å². The van der Waals surface area contributed by atoms with Gasteiger partial charge in [-0.1, -0.05) is 12.1 Å². The number of rotatable bonds is 5. The van der Waals surface area contributed by atoms with Crippen molar-refractivity contribution in [3.05, 3.63) is 48.0 Å². The van der Waals surface area contributed by atoms with E-state index in [1.54, 1.807) is 16.7 Å². The molecule has 140 valence electrons.